The molecule has 2 rings (SSSR count). The highest BCUT2D eigenvalue weighted by atomic mass is 28.4. The average Bonchev–Trinajstić information content (AvgIpc) is 2.92. The van der Waals surface area contributed by atoms with Crippen molar-refractivity contribution in [3.63, 3.8) is 0 Å². The van der Waals surface area contributed by atoms with Gasteiger partial charge in [0.15, 0.2) is 8.32 Å². The average molecular weight is 471 g/mol. The summed E-state index contributed by atoms with van der Waals surface area (Å²) in [7, 11) is -4.40. The van der Waals surface area contributed by atoms with Crippen molar-refractivity contribution >= 4 is 16.4 Å². The minimum atomic E-state index is -2.34. The Morgan fingerprint density at radius 2 is 1.71 bits per heavy atom. The smallest absolute Gasteiger partial charge is 0.330 e. The molecule has 0 saturated carbocycles. The minimum absolute atomic E-state index is 0.0348. The van der Waals surface area contributed by atoms with Gasteiger partial charge in [0.05, 0.1) is 19.9 Å². The summed E-state index contributed by atoms with van der Waals surface area (Å²) in [6.07, 6.45) is 0.608. The van der Waals surface area contributed by atoms with Crippen molar-refractivity contribution in [1.29, 1.82) is 0 Å². The quantitative estimate of drug-likeness (QED) is 0.636. The lowest BCUT2D eigenvalue weighted by Crippen LogP contribution is -2.65. The number of ether oxygens (including phenoxy) is 1. The second-order valence-corrected chi connectivity index (χ2v) is 22.6. The highest BCUT2D eigenvalue weighted by Gasteiger charge is 2.62. The second kappa shape index (κ2) is 8.09. The van der Waals surface area contributed by atoms with Gasteiger partial charge in [-0.3, -0.25) is 14.3 Å². The molecule has 0 radical (unpaired) electrons. The number of aromatic nitrogens is 2. The molecule has 1 aliphatic heterocycles. The van der Waals surface area contributed by atoms with Gasteiger partial charge in [0, 0.05) is 18.2 Å². The summed E-state index contributed by atoms with van der Waals surface area (Å²) in [4.78, 5) is 26.7. The van der Waals surface area contributed by atoms with Crippen LogP contribution in [-0.2, 0) is 9.16 Å². The molecule has 0 unspecified atom stereocenters. The molecule has 178 valence electrons. The van der Waals surface area contributed by atoms with Crippen LogP contribution in [0.4, 0.5) is 0 Å². The Morgan fingerprint density at radius 1 is 1.16 bits per heavy atom. The highest BCUT2D eigenvalue weighted by Crippen LogP contribution is 2.51. The van der Waals surface area contributed by atoms with Crippen molar-refractivity contribution in [3.05, 3.63) is 32.6 Å². The van der Waals surface area contributed by atoms with Gasteiger partial charge >= 0.3 is 5.69 Å². The van der Waals surface area contributed by atoms with E-state index in [2.05, 4.69) is 72.7 Å². The van der Waals surface area contributed by atoms with Crippen LogP contribution < -0.4 is 11.2 Å². The molecule has 0 bridgehead atoms. The van der Waals surface area contributed by atoms with Crippen LogP contribution >= 0.6 is 0 Å². The number of H-pyrrole nitrogens is 1. The van der Waals surface area contributed by atoms with E-state index in [9.17, 15) is 14.7 Å². The van der Waals surface area contributed by atoms with E-state index in [1.165, 1.54) is 10.8 Å². The van der Waals surface area contributed by atoms with Gasteiger partial charge in [-0.2, -0.15) is 0 Å². The Bertz CT molecular complexity index is 924. The fourth-order valence-electron chi connectivity index (χ4n) is 3.70. The highest BCUT2D eigenvalue weighted by molar-refractivity contribution is 6.83. The third-order valence-electron chi connectivity index (χ3n) is 8.15. The van der Waals surface area contributed by atoms with E-state index in [-0.39, 0.29) is 16.7 Å². The maximum Gasteiger partial charge on any atom is 0.330 e. The molecule has 1 aliphatic rings. The number of aliphatic hydroxyl groups is 1. The van der Waals surface area contributed by atoms with Crippen molar-refractivity contribution in [2.75, 3.05) is 6.61 Å². The molecule has 2 heterocycles. The number of hydrogen-bond acceptors (Lipinski definition) is 5. The maximum absolute atomic E-state index is 12.5. The van der Waals surface area contributed by atoms with Gasteiger partial charge in [-0.25, -0.2) is 4.79 Å². The first-order valence-electron chi connectivity index (χ1n) is 11.1. The molecule has 0 aromatic carbocycles. The first kappa shape index (κ1) is 26.2. The van der Waals surface area contributed by atoms with Crippen LogP contribution in [-0.4, -0.2) is 49.0 Å². The molecular formula is C22H42N2O5Si2. The van der Waals surface area contributed by atoms with Crippen molar-refractivity contribution in [2.45, 2.75) is 109 Å². The monoisotopic (exact) mass is 470 g/mol. The standard InChI is InChI=1S/C22H42N2O5Si2/c1-15-13-24(19(26)23-18(15)25)17-12-22(27,30(8,9)20(2,3)4)16(29-17)14-28-31(10,11)21(5,6)7/h13,16-17,27H,12,14H2,1-11H3,(H,23,25,26)/t16-,17-,22-/m1/s1. The van der Waals surface area contributed by atoms with E-state index in [1.807, 2.05) is 0 Å². The van der Waals surface area contributed by atoms with Crippen LogP contribution in [0, 0.1) is 6.92 Å². The minimum Gasteiger partial charge on any atom is -0.414 e. The van der Waals surface area contributed by atoms with Crippen molar-refractivity contribution in [1.82, 2.24) is 9.55 Å². The summed E-state index contributed by atoms with van der Waals surface area (Å²) >= 11 is 0. The summed E-state index contributed by atoms with van der Waals surface area (Å²) in [6, 6.07) is 0. The Balaban J connectivity index is 2.49. The number of nitrogens with one attached hydrogen (secondary N) is 1. The summed E-state index contributed by atoms with van der Waals surface area (Å²) in [6.45, 7) is 23.7. The normalized spacial score (nSPS) is 25.8. The Kier molecular flexibility index (Phi) is 6.85. The summed E-state index contributed by atoms with van der Waals surface area (Å²) < 4.78 is 14.2. The van der Waals surface area contributed by atoms with Gasteiger partial charge in [0.1, 0.15) is 12.3 Å². The predicted molar refractivity (Wildman–Crippen MR) is 130 cm³/mol. The van der Waals surface area contributed by atoms with Crippen LogP contribution in [0.15, 0.2) is 15.8 Å². The second-order valence-electron chi connectivity index (χ2n) is 12.1. The molecule has 0 spiro atoms. The summed E-state index contributed by atoms with van der Waals surface area (Å²) in [5.74, 6) is 0. The van der Waals surface area contributed by atoms with Crippen LogP contribution in [0.1, 0.15) is 59.8 Å². The molecule has 7 nitrogen and oxygen atoms in total. The molecule has 1 saturated heterocycles. The van der Waals surface area contributed by atoms with Gasteiger partial charge in [0.2, 0.25) is 0 Å². The molecule has 31 heavy (non-hydrogen) atoms. The molecule has 1 fully saturated rings. The van der Waals surface area contributed by atoms with E-state index >= 15 is 0 Å². The number of rotatable bonds is 5. The van der Waals surface area contributed by atoms with Gasteiger partial charge in [0.25, 0.3) is 5.56 Å². The fourth-order valence-corrected chi connectivity index (χ4v) is 7.64. The lowest BCUT2D eigenvalue weighted by Gasteiger charge is -2.49. The SMILES string of the molecule is Cc1cn([C@H]2C[C@@](O)([Si](C)(C)C(C)(C)C)[C@@H](CO[Si](C)(C)C(C)(C)C)O2)c(=O)[nH]c1=O. The van der Waals surface area contributed by atoms with Crippen LogP contribution in [0.2, 0.25) is 36.3 Å². The lowest BCUT2D eigenvalue weighted by molar-refractivity contribution is -0.0570. The third-order valence-corrected chi connectivity index (χ3v) is 19.1. The lowest BCUT2D eigenvalue weighted by atomic mass is 10.1. The summed E-state index contributed by atoms with van der Waals surface area (Å²) in [5.41, 5.74) is -0.499. The van der Waals surface area contributed by atoms with Crippen molar-refractivity contribution < 1.29 is 14.3 Å². The van der Waals surface area contributed by atoms with Crippen LogP contribution in [0.3, 0.4) is 0 Å². The number of aryl methyl sites for hydroxylation is 1. The van der Waals surface area contributed by atoms with Crippen molar-refractivity contribution in [3.8, 4) is 0 Å². The Morgan fingerprint density at radius 3 is 2.19 bits per heavy atom. The molecular weight excluding hydrogens is 428 g/mol. The topological polar surface area (TPSA) is 93.6 Å². The van der Waals surface area contributed by atoms with Gasteiger partial charge < -0.3 is 14.3 Å². The van der Waals surface area contributed by atoms with E-state index in [4.69, 9.17) is 9.16 Å². The van der Waals surface area contributed by atoms with Gasteiger partial charge in [-0.15, -0.1) is 0 Å². The molecule has 0 amide bonds. The van der Waals surface area contributed by atoms with Gasteiger partial charge in [-0.1, -0.05) is 54.6 Å². The van der Waals surface area contributed by atoms with E-state index in [0.29, 0.717) is 12.0 Å². The zero-order valence-corrected chi connectivity index (χ0v) is 23.2. The number of aromatic amines is 1. The summed E-state index contributed by atoms with van der Waals surface area (Å²) in [5, 5.41) is 11.0. The number of hydrogen-bond donors (Lipinski definition) is 2. The zero-order chi connectivity index (χ0) is 24.2. The van der Waals surface area contributed by atoms with Crippen LogP contribution in [0.5, 0.6) is 0 Å². The molecule has 3 atom stereocenters. The maximum atomic E-state index is 12.5. The van der Waals surface area contributed by atoms with E-state index in [1.54, 1.807) is 6.92 Å². The van der Waals surface area contributed by atoms with E-state index < -0.39 is 45.2 Å². The van der Waals surface area contributed by atoms with Gasteiger partial charge in [-0.05, 0) is 30.1 Å². The third kappa shape index (κ3) is 4.71. The fraction of sp³-hybridized carbons (Fsp3) is 0.818. The molecule has 9 heteroatoms. The molecule has 1 aromatic heterocycles. The molecule has 0 aliphatic carbocycles. The first-order chi connectivity index (χ1) is 13.7. The Hall–Kier alpha value is -1.01. The van der Waals surface area contributed by atoms with Crippen molar-refractivity contribution in [2.24, 2.45) is 0 Å². The zero-order valence-electron chi connectivity index (χ0n) is 21.2. The molecule has 1 aromatic rings. The van der Waals surface area contributed by atoms with Crippen LogP contribution in [0.25, 0.3) is 0 Å². The number of nitrogens with zero attached hydrogens (tertiary/aromatic N) is 1. The largest absolute Gasteiger partial charge is 0.414 e. The molecule has 2 N–H and O–H groups in total. The predicted octanol–water partition coefficient (Wildman–Crippen LogP) is 3.93. The van der Waals surface area contributed by atoms with E-state index in [0.717, 1.165) is 0 Å². The Labute approximate surface area is 188 Å². The first-order valence-corrected chi connectivity index (χ1v) is 17.0.